The summed E-state index contributed by atoms with van der Waals surface area (Å²) >= 11 is 0. The van der Waals surface area contributed by atoms with Crippen LogP contribution in [0.4, 0.5) is 0 Å². The largest absolute Gasteiger partial charge is 1.00 e. The third-order valence-electron chi connectivity index (χ3n) is 9.34. The first-order valence-electron chi connectivity index (χ1n) is 13.7. The van der Waals surface area contributed by atoms with E-state index in [4.69, 9.17) is 0 Å². The van der Waals surface area contributed by atoms with Crippen LogP contribution in [-0.2, 0) is 16.8 Å². The quantitative estimate of drug-likeness (QED) is 0.417. The van der Waals surface area contributed by atoms with Gasteiger partial charge in [0.15, 0.2) is 0 Å². The number of nitrogens with zero attached hydrogens (tertiary/aromatic N) is 1. The number of likely N-dealkylation sites (tertiary alicyclic amines) is 1. The number of benzene rings is 2. The molecule has 6 heteroatoms. The van der Waals surface area contributed by atoms with Crippen molar-refractivity contribution >= 4 is 5.91 Å². The fourth-order valence-corrected chi connectivity index (χ4v) is 7.49. The predicted octanol–water partition coefficient (Wildman–Crippen LogP) is -3.28. The Morgan fingerprint density at radius 2 is 1.78 bits per heavy atom. The zero-order valence-electron chi connectivity index (χ0n) is 22.1. The molecule has 198 valence electrons. The number of rotatable bonds is 5. The van der Waals surface area contributed by atoms with E-state index in [9.17, 15) is 4.79 Å². The van der Waals surface area contributed by atoms with Crippen LogP contribution in [0.15, 0.2) is 48.5 Å². The molecule has 0 aliphatic carbocycles. The van der Waals surface area contributed by atoms with Crippen molar-refractivity contribution in [3.8, 4) is 0 Å². The normalized spacial score (nSPS) is 27.3. The summed E-state index contributed by atoms with van der Waals surface area (Å²) in [5, 5.41) is 4.86. The van der Waals surface area contributed by atoms with E-state index in [1.165, 1.54) is 22.3 Å². The van der Waals surface area contributed by atoms with Gasteiger partial charge in [-0.3, -0.25) is 4.79 Å². The maximum atomic E-state index is 14.4. The van der Waals surface area contributed by atoms with E-state index in [2.05, 4.69) is 84.8 Å². The van der Waals surface area contributed by atoms with Crippen LogP contribution in [0.2, 0.25) is 0 Å². The van der Waals surface area contributed by atoms with Gasteiger partial charge < -0.3 is 40.3 Å². The molecule has 0 saturated carbocycles. The first kappa shape index (κ1) is 29.0. The van der Waals surface area contributed by atoms with Gasteiger partial charge in [-0.05, 0) is 42.7 Å². The summed E-state index contributed by atoms with van der Waals surface area (Å²) in [7, 11) is 0. The number of halogens is 2. The molecule has 2 fully saturated rings. The van der Waals surface area contributed by atoms with Gasteiger partial charge in [0, 0.05) is 18.2 Å². The fraction of sp³-hybridized carbons (Fsp3) is 0.567. The summed E-state index contributed by atoms with van der Waals surface area (Å²) in [5.74, 6) is 1.64. The standard InChI is InChI=1S/C30H41N3O.2ClH/c1-4-22(5-2)28-16-24(23-9-7-6-8-10-23)13-14-33(28)29(34)27-18-32-20-30(27)19-31-17-25-15-21(3)11-12-26(25)30;;/h6-12,15,22,24,27-28,31-32H,4-5,13-14,16-20H2,1-3H3;2*1H/t24-,27+,28+,30+;;/m1../s1. The Hall–Kier alpha value is -1.59. The van der Waals surface area contributed by atoms with E-state index >= 15 is 0 Å². The number of amides is 1. The monoisotopic (exact) mass is 531 g/mol. The fourth-order valence-electron chi connectivity index (χ4n) is 7.49. The molecule has 4 atom stereocenters. The number of piperidine rings is 1. The SMILES string of the molecule is CCC(CC)[C@@H]1C[C@H](c2ccccc2)CCN1C(=O)[C@@H]1C[NH2+]C[C@]12C[NH2+]Cc1cc(C)ccc12.[Cl-].[Cl-]. The molecule has 2 aromatic rings. The Labute approximate surface area is 229 Å². The number of carbonyl (C=O) groups excluding carboxylic acids is 1. The van der Waals surface area contributed by atoms with Gasteiger partial charge in [0.05, 0.1) is 19.6 Å². The minimum atomic E-state index is -0.0346. The molecule has 1 amide bonds. The third-order valence-corrected chi connectivity index (χ3v) is 9.34. The summed E-state index contributed by atoms with van der Waals surface area (Å²) in [6, 6.07) is 18.3. The molecule has 0 radical (unpaired) electrons. The van der Waals surface area contributed by atoms with Gasteiger partial charge in [-0.2, -0.15) is 0 Å². The van der Waals surface area contributed by atoms with Crippen molar-refractivity contribution in [2.45, 2.75) is 70.4 Å². The van der Waals surface area contributed by atoms with E-state index in [1.54, 1.807) is 0 Å². The highest BCUT2D eigenvalue weighted by molar-refractivity contribution is 5.82. The molecule has 1 spiro atoms. The van der Waals surface area contributed by atoms with Gasteiger partial charge in [0.1, 0.15) is 17.9 Å². The van der Waals surface area contributed by atoms with Gasteiger partial charge >= 0.3 is 0 Å². The molecule has 2 saturated heterocycles. The average molecular weight is 533 g/mol. The number of quaternary nitrogens is 2. The molecule has 4 nitrogen and oxygen atoms in total. The van der Waals surface area contributed by atoms with E-state index < -0.39 is 0 Å². The van der Waals surface area contributed by atoms with Crippen molar-refractivity contribution in [2.24, 2.45) is 11.8 Å². The van der Waals surface area contributed by atoms with Crippen molar-refractivity contribution in [1.82, 2.24) is 4.90 Å². The second-order valence-corrected chi connectivity index (χ2v) is 11.1. The Balaban J connectivity index is 0.00000180. The van der Waals surface area contributed by atoms with Crippen molar-refractivity contribution in [3.63, 3.8) is 0 Å². The molecule has 3 aliphatic heterocycles. The molecular weight excluding hydrogens is 489 g/mol. The maximum absolute atomic E-state index is 14.4. The lowest BCUT2D eigenvalue weighted by Crippen LogP contribution is -3.00. The Kier molecular flexibility index (Phi) is 9.90. The summed E-state index contributed by atoms with van der Waals surface area (Å²) < 4.78 is 0. The summed E-state index contributed by atoms with van der Waals surface area (Å²) in [5.41, 5.74) is 5.63. The minimum absolute atomic E-state index is 0. The highest BCUT2D eigenvalue weighted by Gasteiger charge is 2.56. The number of hydrogen-bond acceptors (Lipinski definition) is 1. The molecule has 4 N–H and O–H groups in total. The highest BCUT2D eigenvalue weighted by atomic mass is 35.5. The molecule has 0 aromatic heterocycles. The Morgan fingerprint density at radius 1 is 1.06 bits per heavy atom. The molecule has 3 heterocycles. The first-order chi connectivity index (χ1) is 16.6. The van der Waals surface area contributed by atoms with E-state index in [0.29, 0.717) is 23.8 Å². The van der Waals surface area contributed by atoms with E-state index in [1.807, 2.05) is 0 Å². The smallest absolute Gasteiger partial charge is 0.233 e. The number of hydrogen-bond donors (Lipinski definition) is 2. The van der Waals surface area contributed by atoms with Crippen LogP contribution in [0.25, 0.3) is 0 Å². The van der Waals surface area contributed by atoms with E-state index in [0.717, 1.165) is 58.4 Å². The number of carbonyl (C=O) groups is 1. The summed E-state index contributed by atoms with van der Waals surface area (Å²) in [6.07, 6.45) is 4.47. The number of aryl methyl sites for hydroxylation is 1. The van der Waals surface area contributed by atoms with Crippen LogP contribution in [0, 0.1) is 18.8 Å². The van der Waals surface area contributed by atoms with Gasteiger partial charge in [-0.1, -0.05) is 80.8 Å². The first-order valence-corrected chi connectivity index (χ1v) is 13.7. The summed E-state index contributed by atoms with van der Waals surface area (Å²) in [6.45, 7) is 11.7. The van der Waals surface area contributed by atoms with Crippen LogP contribution in [-0.4, -0.2) is 43.0 Å². The lowest BCUT2D eigenvalue weighted by molar-refractivity contribution is -0.691. The molecule has 2 aromatic carbocycles. The molecule has 5 rings (SSSR count). The zero-order chi connectivity index (χ0) is 23.7. The number of fused-ring (bicyclic) bond motifs is 2. The Morgan fingerprint density at radius 3 is 2.50 bits per heavy atom. The van der Waals surface area contributed by atoms with Gasteiger partial charge in [-0.15, -0.1) is 0 Å². The van der Waals surface area contributed by atoms with Crippen molar-refractivity contribution in [3.05, 3.63) is 70.8 Å². The van der Waals surface area contributed by atoms with E-state index in [-0.39, 0.29) is 36.1 Å². The maximum Gasteiger partial charge on any atom is 0.233 e. The van der Waals surface area contributed by atoms with Crippen molar-refractivity contribution in [1.29, 1.82) is 0 Å². The zero-order valence-corrected chi connectivity index (χ0v) is 23.6. The topological polar surface area (TPSA) is 53.5 Å². The summed E-state index contributed by atoms with van der Waals surface area (Å²) in [4.78, 5) is 16.8. The predicted molar refractivity (Wildman–Crippen MR) is 136 cm³/mol. The van der Waals surface area contributed by atoms with Crippen LogP contribution in [0.3, 0.4) is 0 Å². The molecular formula is C30H43Cl2N3O. The van der Waals surface area contributed by atoms with Gasteiger partial charge in [0.25, 0.3) is 0 Å². The Bertz CT molecular complexity index is 1010. The van der Waals surface area contributed by atoms with Gasteiger partial charge in [-0.25, -0.2) is 0 Å². The average Bonchev–Trinajstić information content (AvgIpc) is 3.28. The molecule has 0 unspecified atom stereocenters. The van der Waals surface area contributed by atoms with Crippen LogP contribution >= 0.6 is 0 Å². The van der Waals surface area contributed by atoms with Crippen LogP contribution < -0.4 is 35.4 Å². The second-order valence-electron chi connectivity index (χ2n) is 11.1. The second kappa shape index (κ2) is 12.3. The van der Waals surface area contributed by atoms with Crippen molar-refractivity contribution in [2.75, 3.05) is 26.2 Å². The lowest BCUT2D eigenvalue weighted by Gasteiger charge is -2.46. The van der Waals surface area contributed by atoms with Crippen LogP contribution in [0.5, 0.6) is 0 Å². The third kappa shape index (κ3) is 5.20. The van der Waals surface area contributed by atoms with Crippen molar-refractivity contribution < 1.29 is 40.2 Å². The highest BCUT2D eigenvalue weighted by Crippen LogP contribution is 2.41. The number of nitrogens with two attached hydrogens (primary N) is 2. The van der Waals surface area contributed by atoms with Gasteiger partial charge in [0.2, 0.25) is 5.91 Å². The molecule has 0 bridgehead atoms. The minimum Gasteiger partial charge on any atom is -1.00 e. The molecule has 36 heavy (non-hydrogen) atoms. The lowest BCUT2D eigenvalue weighted by atomic mass is 9.67. The van der Waals surface area contributed by atoms with Crippen LogP contribution in [0.1, 0.15) is 67.7 Å². The molecule has 3 aliphatic rings.